The zero-order chi connectivity index (χ0) is 22.0. The molecule has 2 N–H and O–H groups in total. The minimum Gasteiger partial charge on any atom is -0.597 e. The van der Waals surface area contributed by atoms with E-state index in [0.717, 1.165) is 0 Å². The molecule has 10 nitrogen and oxygen atoms in total. The number of ether oxygens (including phenoxy) is 5. The van der Waals surface area contributed by atoms with E-state index in [1.165, 1.54) is 0 Å². The fraction of sp³-hybridized carbons (Fsp3) is 0.944. The van der Waals surface area contributed by atoms with Gasteiger partial charge in [-0.15, -0.1) is 4.31 Å². The number of hydrogen-bond acceptors (Lipinski definition) is 10. The van der Waals surface area contributed by atoms with Crippen molar-refractivity contribution in [2.45, 2.75) is 26.4 Å². The Morgan fingerprint density at radius 2 is 1.24 bits per heavy atom. The molecule has 0 fully saturated rings. The van der Waals surface area contributed by atoms with Gasteiger partial charge in [0.05, 0.1) is 90.5 Å². The molecule has 0 aromatic heterocycles. The standard InChI is InChI=1S/C18H37NO9S/c1-18(2,3)28-17(22)16-29(23)19(4-8-24-12-14-26-10-6-20)5-9-25-13-15-27-11-7-21/h20-21H,4-16H2,1-3H3. The van der Waals surface area contributed by atoms with E-state index in [9.17, 15) is 9.35 Å². The zero-order valence-electron chi connectivity index (χ0n) is 17.8. The Bertz CT molecular complexity index is 378. The van der Waals surface area contributed by atoms with Crippen LogP contribution in [0.4, 0.5) is 0 Å². The van der Waals surface area contributed by atoms with Crippen LogP contribution in [0, 0.1) is 0 Å². The first kappa shape index (κ1) is 28.5. The molecular formula is C18H37NO9S. The first-order valence-electron chi connectivity index (χ1n) is 9.68. The van der Waals surface area contributed by atoms with Crippen LogP contribution in [0.25, 0.3) is 0 Å². The van der Waals surface area contributed by atoms with Crippen LogP contribution in [0.3, 0.4) is 0 Å². The summed E-state index contributed by atoms with van der Waals surface area (Å²) in [5.74, 6) is -0.770. The summed E-state index contributed by atoms with van der Waals surface area (Å²) in [6.07, 6.45) is 0. The van der Waals surface area contributed by atoms with E-state index in [1.54, 1.807) is 25.1 Å². The van der Waals surface area contributed by atoms with Gasteiger partial charge < -0.3 is 38.5 Å². The average Bonchev–Trinajstić information content (AvgIpc) is 2.63. The molecule has 0 radical (unpaired) electrons. The van der Waals surface area contributed by atoms with E-state index >= 15 is 0 Å². The molecule has 0 rings (SSSR count). The van der Waals surface area contributed by atoms with Crippen molar-refractivity contribution in [1.29, 1.82) is 0 Å². The van der Waals surface area contributed by atoms with E-state index in [1.807, 2.05) is 0 Å². The maximum absolute atomic E-state index is 12.6. The summed E-state index contributed by atoms with van der Waals surface area (Å²) in [6, 6.07) is 0. The Balaban J connectivity index is 4.29. The average molecular weight is 444 g/mol. The van der Waals surface area contributed by atoms with Gasteiger partial charge in [-0.25, -0.2) is 4.79 Å². The molecule has 11 heteroatoms. The fourth-order valence-electron chi connectivity index (χ4n) is 1.98. The second-order valence-corrected chi connectivity index (χ2v) is 8.33. The Morgan fingerprint density at radius 1 is 0.828 bits per heavy atom. The molecule has 0 aliphatic carbocycles. The summed E-state index contributed by atoms with van der Waals surface area (Å²) in [5, 5.41) is 17.3. The highest BCUT2D eigenvalue weighted by molar-refractivity contribution is 7.89. The molecule has 1 unspecified atom stereocenters. The molecule has 0 aliphatic rings. The van der Waals surface area contributed by atoms with Gasteiger partial charge in [0.2, 0.25) is 5.75 Å². The van der Waals surface area contributed by atoms with Gasteiger partial charge in [-0.1, -0.05) is 0 Å². The lowest BCUT2D eigenvalue weighted by molar-refractivity contribution is -0.151. The molecule has 1 atom stereocenters. The second-order valence-electron chi connectivity index (χ2n) is 6.88. The molecule has 0 saturated carbocycles. The normalized spacial score (nSPS) is 13.1. The predicted octanol–water partition coefficient (Wildman–Crippen LogP) is -0.655. The van der Waals surface area contributed by atoms with E-state index in [0.29, 0.717) is 52.7 Å². The van der Waals surface area contributed by atoms with Crippen LogP contribution in [-0.2, 0) is 39.8 Å². The molecule has 0 bridgehead atoms. The van der Waals surface area contributed by atoms with Crippen LogP contribution >= 0.6 is 0 Å². The van der Waals surface area contributed by atoms with Crippen molar-refractivity contribution in [3.63, 3.8) is 0 Å². The third-order valence-electron chi connectivity index (χ3n) is 3.13. The Labute approximate surface area is 176 Å². The number of aliphatic hydroxyl groups is 2. The summed E-state index contributed by atoms with van der Waals surface area (Å²) in [5.41, 5.74) is -0.637. The predicted molar refractivity (Wildman–Crippen MR) is 108 cm³/mol. The Kier molecular flexibility index (Phi) is 18.0. The van der Waals surface area contributed by atoms with Crippen molar-refractivity contribution in [1.82, 2.24) is 4.31 Å². The molecule has 0 aromatic carbocycles. The Hall–Kier alpha value is -0.500. The lowest BCUT2D eigenvalue weighted by Crippen LogP contribution is -2.41. The van der Waals surface area contributed by atoms with Gasteiger partial charge in [-0.2, -0.15) is 0 Å². The number of rotatable bonds is 19. The highest BCUT2D eigenvalue weighted by Gasteiger charge is 2.26. The summed E-state index contributed by atoms with van der Waals surface area (Å²) < 4.78 is 40.5. The third kappa shape index (κ3) is 19.2. The van der Waals surface area contributed by atoms with Crippen LogP contribution in [0.15, 0.2) is 0 Å². The molecule has 174 valence electrons. The summed E-state index contributed by atoms with van der Waals surface area (Å²) >= 11 is -1.57. The molecule has 0 aromatic rings. The van der Waals surface area contributed by atoms with Gasteiger partial charge in [-0.3, -0.25) is 0 Å². The quantitative estimate of drug-likeness (QED) is 0.151. The van der Waals surface area contributed by atoms with Gasteiger partial charge in [0.15, 0.2) is 0 Å². The van der Waals surface area contributed by atoms with E-state index in [2.05, 4.69) is 0 Å². The van der Waals surface area contributed by atoms with Gasteiger partial charge >= 0.3 is 5.97 Å². The van der Waals surface area contributed by atoms with Crippen molar-refractivity contribution >= 4 is 17.3 Å². The van der Waals surface area contributed by atoms with Crippen molar-refractivity contribution in [3.8, 4) is 0 Å². The fourth-order valence-corrected chi connectivity index (χ4v) is 2.98. The van der Waals surface area contributed by atoms with Crippen LogP contribution in [-0.4, -0.2) is 116 Å². The minimum atomic E-state index is -1.57. The van der Waals surface area contributed by atoms with Crippen LogP contribution in [0.2, 0.25) is 0 Å². The van der Waals surface area contributed by atoms with E-state index in [4.69, 9.17) is 33.9 Å². The third-order valence-corrected chi connectivity index (χ3v) is 4.56. The number of nitrogens with zero attached hydrogens (tertiary/aromatic N) is 1. The molecule has 29 heavy (non-hydrogen) atoms. The summed E-state index contributed by atoms with van der Waals surface area (Å²) in [7, 11) is 0. The molecular weight excluding hydrogens is 406 g/mol. The number of aliphatic hydroxyl groups excluding tert-OH is 2. The molecule has 0 saturated heterocycles. The first-order chi connectivity index (χ1) is 13.8. The smallest absolute Gasteiger partial charge is 0.358 e. The van der Waals surface area contributed by atoms with Crippen LogP contribution < -0.4 is 0 Å². The van der Waals surface area contributed by atoms with Gasteiger partial charge in [-0.05, 0) is 20.8 Å². The summed E-state index contributed by atoms with van der Waals surface area (Å²) in [6.45, 7) is 8.44. The Morgan fingerprint density at radius 3 is 1.62 bits per heavy atom. The summed E-state index contributed by atoms with van der Waals surface area (Å²) in [4.78, 5) is 11.9. The van der Waals surface area contributed by atoms with Crippen molar-refractivity contribution in [2.24, 2.45) is 0 Å². The van der Waals surface area contributed by atoms with E-state index in [-0.39, 0.29) is 32.2 Å². The van der Waals surface area contributed by atoms with Crippen LogP contribution in [0.1, 0.15) is 20.8 Å². The number of hydrogen-bond donors (Lipinski definition) is 2. The van der Waals surface area contributed by atoms with Gasteiger partial charge in [0.25, 0.3) is 0 Å². The number of esters is 1. The highest BCUT2D eigenvalue weighted by atomic mass is 32.2. The van der Waals surface area contributed by atoms with E-state index < -0.39 is 22.9 Å². The SMILES string of the molecule is CC(C)(C)OC(=O)C[S+]([O-])N(CCOCCOCCO)CCOCCOCCO. The van der Waals surface area contributed by atoms with Gasteiger partial charge in [0.1, 0.15) is 5.60 Å². The number of carbonyl (C=O) groups is 1. The van der Waals surface area contributed by atoms with Crippen molar-refractivity contribution < 1.29 is 43.2 Å². The monoisotopic (exact) mass is 443 g/mol. The zero-order valence-corrected chi connectivity index (χ0v) is 18.6. The first-order valence-corrected chi connectivity index (χ1v) is 11.0. The topological polar surface area (TPSA) is 130 Å². The van der Waals surface area contributed by atoms with Crippen LogP contribution in [0.5, 0.6) is 0 Å². The lowest BCUT2D eigenvalue weighted by Gasteiger charge is -2.25. The molecule has 0 heterocycles. The number of carbonyl (C=O) groups excluding carboxylic acids is 1. The molecule has 0 spiro atoms. The van der Waals surface area contributed by atoms with Gasteiger partial charge in [0, 0.05) is 0 Å². The maximum Gasteiger partial charge on any atom is 0.358 e. The maximum atomic E-state index is 12.6. The molecule has 0 aliphatic heterocycles. The second kappa shape index (κ2) is 18.3. The minimum absolute atomic E-state index is 0.0392. The highest BCUT2D eigenvalue weighted by Crippen LogP contribution is 2.10. The van der Waals surface area contributed by atoms with Crippen molar-refractivity contribution in [3.05, 3.63) is 0 Å². The molecule has 0 amide bonds. The van der Waals surface area contributed by atoms with Crippen molar-refractivity contribution in [2.75, 3.05) is 84.9 Å². The largest absolute Gasteiger partial charge is 0.597 e. The lowest BCUT2D eigenvalue weighted by atomic mass is 10.2.